The molecule has 0 radical (unpaired) electrons. The topological polar surface area (TPSA) is 52.8 Å². The van der Waals surface area contributed by atoms with Gasteiger partial charge in [0.1, 0.15) is 11.5 Å². The number of benzene rings is 2. The van der Waals surface area contributed by atoms with Gasteiger partial charge in [-0.2, -0.15) is 4.99 Å². The van der Waals surface area contributed by atoms with Gasteiger partial charge in [-0.25, -0.2) is 0 Å². The Morgan fingerprint density at radius 1 is 1.08 bits per heavy atom. The first-order chi connectivity index (χ1) is 12.5. The SMILES string of the molecule is CCn1c(=NC(=O)c2cc(OC)cc(OC)c2)sc2c(C)ccc(C)c21. The van der Waals surface area contributed by atoms with Crippen molar-refractivity contribution < 1.29 is 14.3 Å². The maximum atomic E-state index is 12.8. The third-order valence-corrected chi connectivity index (χ3v) is 5.55. The second kappa shape index (κ2) is 7.33. The zero-order chi connectivity index (χ0) is 18.8. The molecule has 5 nitrogen and oxygen atoms in total. The summed E-state index contributed by atoms with van der Waals surface area (Å²) < 4.78 is 13.8. The Bertz CT molecular complexity index is 1020. The van der Waals surface area contributed by atoms with Gasteiger partial charge in [0, 0.05) is 18.2 Å². The van der Waals surface area contributed by atoms with Crippen molar-refractivity contribution in [2.75, 3.05) is 14.2 Å². The first kappa shape index (κ1) is 18.2. The van der Waals surface area contributed by atoms with Crippen molar-refractivity contribution in [1.82, 2.24) is 4.57 Å². The molecule has 0 aliphatic heterocycles. The van der Waals surface area contributed by atoms with Crippen molar-refractivity contribution in [2.45, 2.75) is 27.3 Å². The normalized spacial score (nSPS) is 11.8. The molecule has 0 saturated carbocycles. The minimum atomic E-state index is -0.314. The van der Waals surface area contributed by atoms with Gasteiger partial charge >= 0.3 is 0 Å². The molecule has 0 spiro atoms. The summed E-state index contributed by atoms with van der Waals surface area (Å²) in [4.78, 5) is 17.9. The molecular weight excluding hydrogens is 348 g/mol. The Labute approximate surface area is 156 Å². The zero-order valence-corrected chi connectivity index (χ0v) is 16.4. The molecule has 3 rings (SSSR count). The summed E-state index contributed by atoms with van der Waals surface area (Å²) in [6, 6.07) is 9.29. The molecule has 3 aromatic rings. The van der Waals surface area contributed by atoms with E-state index in [9.17, 15) is 4.79 Å². The summed E-state index contributed by atoms with van der Waals surface area (Å²) >= 11 is 1.55. The predicted molar refractivity (Wildman–Crippen MR) is 104 cm³/mol. The van der Waals surface area contributed by atoms with E-state index in [1.165, 1.54) is 15.8 Å². The molecule has 1 amide bonds. The van der Waals surface area contributed by atoms with Crippen LogP contribution in [0, 0.1) is 13.8 Å². The molecule has 0 N–H and O–H groups in total. The van der Waals surface area contributed by atoms with E-state index in [0.29, 0.717) is 21.9 Å². The smallest absolute Gasteiger partial charge is 0.279 e. The molecule has 0 saturated heterocycles. The van der Waals surface area contributed by atoms with E-state index in [1.807, 2.05) is 0 Å². The minimum Gasteiger partial charge on any atom is -0.497 e. The van der Waals surface area contributed by atoms with Crippen molar-refractivity contribution in [2.24, 2.45) is 4.99 Å². The number of hydrogen-bond donors (Lipinski definition) is 0. The number of nitrogens with zero attached hydrogens (tertiary/aromatic N) is 2. The zero-order valence-electron chi connectivity index (χ0n) is 15.6. The van der Waals surface area contributed by atoms with E-state index < -0.39 is 0 Å². The number of aromatic nitrogens is 1. The quantitative estimate of drug-likeness (QED) is 0.695. The molecule has 0 unspecified atom stereocenters. The molecule has 0 bridgehead atoms. The van der Waals surface area contributed by atoms with Crippen LogP contribution in [-0.2, 0) is 6.54 Å². The maximum Gasteiger partial charge on any atom is 0.279 e. The number of rotatable bonds is 4. The van der Waals surface area contributed by atoms with Crippen LogP contribution in [0.15, 0.2) is 35.3 Å². The molecular formula is C20H22N2O3S. The highest BCUT2D eigenvalue weighted by atomic mass is 32.1. The molecule has 136 valence electrons. The first-order valence-electron chi connectivity index (χ1n) is 8.40. The lowest BCUT2D eigenvalue weighted by molar-refractivity contribution is 0.0997. The molecule has 1 heterocycles. The van der Waals surface area contributed by atoms with Gasteiger partial charge in [0.2, 0.25) is 0 Å². The average Bonchev–Trinajstić information content (AvgIpc) is 3.03. The van der Waals surface area contributed by atoms with E-state index in [-0.39, 0.29) is 5.91 Å². The largest absolute Gasteiger partial charge is 0.497 e. The Morgan fingerprint density at radius 3 is 2.27 bits per heavy atom. The average molecular weight is 370 g/mol. The monoisotopic (exact) mass is 370 g/mol. The van der Waals surface area contributed by atoms with Crippen LogP contribution in [0.1, 0.15) is 28.4 Å². The standard InChI is InChI=1S/C20H22N2O3S/c1-6-22-17-12(2)7-8-13(3)18(17)26-20(22)21-19(23)14-9-15(24-4)11-16(10-14)25-5/h7-11H,6H2,1-5H3. The van der Waals surface area contributed by atoms with Crippen LogP contribution in [0.25, 0.3) is 10.2 Å². The lowest BCUT2D eigenvalue weighted by Crippen LogP contribution is -2.16. The van der Waals surface area contributed by atoms with Crippen molar-refractivity contribution in [3.63, 3.8) is 0 Å². The highest BCUT2D eigenvalue weighted by molar-refractivity contribution is 7.16. The number of hydrogen-bond acceptors (Lipinski definition) is 4. The fourth-order valence-electron chi connectivity index (χ4n) is 2.94. The summed E-state index contributed by atoms with van der Waals surface area (Å²) in [6.07, 6.45) is 0. The summed E-state index contributed by atoms with van der Waals surface area (Å²) in [5.41, 5.74) is 3.96. The summed E-state index contributed by atoms with van der Waals surface area (Å²) in [5.74, 6) is 0.815. The lowest BCUT2D eigenvalue weighted by Gasteiger charge is -2.06. The second-order valence-corrected chi connectivity index (χ2v) is 7.00. The van der Waals surface area contributed by atoms with Crippen LogP contribution in [0.2, 0.25) is 0 Å². The van der Waals surface area contributed by atoms with Crippen LogP contribution < -0.4 is 14.3 Å². The van der Waals surface area contributed by atoms with Crippen LogP contribution >= 0.6 is 11.3 Å². The Morgan fingerprint density at radius 2 is 1.69 bits per heavy atom. The third-order valence-electron chi connectivity index (χ3n) is 4.34. The van der Waals surface area contributed by atoms with E-state index in [4.69, 9.17) is 9.47 Å². The van der Waals surface area contributed by atoms with Crippen molar-refractivity contribution in [3.05, 3.63) is 51.8 Å². The van der Waals surface area contributed by atoms with Gasteiger partial charge in [0.15, 0.2) is 4.80 Å². The Hall–Kier alpha value is -2.60. The third kappa shape index (κ3) is 3.24. The van der Waals surface area contributed by atoms with E-state index >= 15 is 0 Å². The molecule has 0 fully saturated rings. The van der Waals surface area contributed by atoms with Crippen molar-refractivity contribution >= 4 is 27.5 Å². The van der Waals surface area contributed by atoms with Crippen molar-refractivity contribution in [1.29, 1.82) is 0 Å². The van der Waals surface area contributed by atoms with Crippen LogP contribution in [0.3, 0.4) is 0 Å². The molecule has 1 aromatic heterocycles. The molecule has 26 heavy (non-hydrogen) atoms. The van der Waals surface area contributed by atoms with Gasteiger partial charge in [-0.3, -0.25) is 4.79 Å². The van der Waals surface area contributed by atoms with Gasteiger partial charge in [-0.05, 0) is 44.0 Å². The van der Waals surface area contributed by atoms with Crippen molar-refractivity contribution in [3.8, 4) is 11.5 Å². The molecule has 2 aromatic carbocycles. The van der Waals surface area contributed by atoms with Gasteiger partial charge in [-0.1, -0.05) is 23.5 Å². The predicted octanol–water partition coefficient (Wildman–Crippen LogP) is 4.10. The lowest BCUT2D eigenvalue weighted by atomic mass is 10.1. The molecule has 6 heteroatoms. The minimum absolute atomic E-state index is 0.314. The van der Waals surface area contributed by atoms with Gasteiger partial charge in [0.05, 0.1) is 24.4 Å². The number of methoxy groups -OCH3 is 2. The van der Waals surface area contributed by atoms with Crippen LogP contribution in [-0.4, -0.2) is 24.7 Å². The summed E-state index contributed by atoms with van der Waals surface area (Å²) in [7, 11) is 3.12. The van der Waals surface area contributed by atoms with Gasteiger partial charge in [0.25, 0.3) is 5.91 Å². The van der Waals surface area contributed by atoms with Crippen LogP contribution in [0.4, 0.5) is 0 Å². The second-order valence-electron chi connectivity index (χ2n) is 6.02. The van der Waals surface area contributed by atoms with Gasteiger partial charge < -0.3 is 14.0 Å². The number of amides is 1. The van der Waals surface area contributed by atoms with Gasteiger partial charge in [-0.15, -0.1) is 0 Å². The Kier molecular flexibility index (Phi) is 5.13. The fraction of sp³-hybridized carbons (Fsp3) is 0.300. The first-order valence-corrected chi connectivity index (χ1v) is 9.21. The number of ether oxygens (including phenoxy) is 2. The summed E-state index contributed by atoms with van der Waals surface area (Å²) in [6.45, 7) is 6.97. The highest BCUT2D eigenvalue weighted by Crippen LogP contribution is 2.26. The molecule has 0 aliphatic carbocycles. The number of fused-ring (bicyclic) bond motifs is 1. The fourth-order valence-corrected chi connectivity index (χ4v) is 4.17. The highest BCUT2D eigenvalue weighted by Gasteiger charge is 2.13. The van der Waals surface area contributed by atoms with E-state index in [0.717, 1.165) is 12.1 Å². The summed E-state index contributed by atoms with van der Waals surface area (Å²) in [5, 5.41) is 0. The number of thiazole rings is 1. The number of carbonyl (C=O) groups is 1. The number of aryl methyl sites for hydroxylation is 3. The van der Waals surface area contributed by atoms with E-state index in [2.05, 4.69) is 42.5 Å². The van der Waals surface area contributed by atoms with Crippen LogP contribution in [0.5, 0.6) is 11.5 Å². The maximum absolute atomic E-state index is 12.8. The molecule has 0 atom stereocenters. The Balaban J connectivity index is 2.18. The molecule has 0 aliphatic rings. The van der Waals surface area contributed by atoms with E-state index in [1.54, 1.807) is 43.8 Å². The number of carbonyl (C=O) groups excluding carboxylic acids is 1.